The second-order valence-electron chi connectivity index (χ2n) is 7.13. The highest BCUT2D eigenvalue weighted by molar-refractivity contribution is 6.02. The van der Waals surface area contributed by atoms with Gasteiger partial charge in [-0.2, -0.15) is 0 Å². The van der Waals surface area contributed by atoms with Crippen LogP contribution in [-0.4, -0.2) is 32.9 Å². The molecule has 0 aromatic carbocycles. The second kappa shape index (κ2) is 14.4. The zero-order valence-corrected chi connectivity index (χ0v) is 16.1. The zero-order valence-electron chi connectivity index (χ0n) is 16.1. The summed E-state index contributed by atoms with van der Waals surface area (Å²) in [6.07, 6.45) is 10.5. The molecule has 0 fully saturated rings. The van der Waals surface area contributed by atoms with Crippen LogP contribution in [0.25, 0.3) is 0 Å². The van der Waals surface area contributed by atoms with E-state index in [4.69, 9.17) is 15.3 Å². The lowest BCUT2D eigenvalue weighted by Gasteiger charge is -2.19. The summed E-state index contributed by atoms with van der Waals surface area (Å²) in [5.74, 6) is -3.89. The lowest BCUT2D eigenvalue weighted by Crippen LogP contribution is -2.31. The van der Waals surface area contributed by atoms with E-state index in [-0.39, 0.29) is 24.4 Å². The van der Waals surface area contributed by atoms with Crippen LogP contribution in [0.3, 0.4) is 0 Å². The number of aliphatic hydroxyl groups is 3. The fourth-order valence-electron chi connectivity index (χ4n) is 2.99. The monoisotopic (exact) mass is 358 g/mol. The third kappa shape index (κ3) is 14.1. The average molecular weight is 359 g/mol. The molecule has 0 rings (SSSR count). The largest absolute Gasteiger partial charge is 0.344 e. The molecular weight excluding hydrogens is 320 g/mol. The maximum Gasteiger partial charge on any atom is 0.275 e. The van der Waals surface area contributed by atoms with Crippen LogP contribution in [0.5, 0.6) is 0 Å². The van der Waals surface area contributed by atoms with Crippen molar-refractivity contribution in [2.75, 3.05) is 0 Å². The highest BCUT2D eigenvalue weighted by atomic mass is 16.7. The molecule has 148 valence electrons. The van der Waals surface area contributed by atoms with Gasteiger partial charge in [-0.1, -0.05) is 65.2 Å². The summed E-state index contributed by atoms with van der Waals surface area (Å²) < 4.78 is 0. The molecule has 0 aromatic heterocycles. The van der Waals surface area contributed by atoms with Gasteiger partial charge in [-0.3, -0.25) is 9.59 Å². The van der Waals surface area contributed by atoms with E-state index in [2.05, 4.69) is 13.8 Å². The highest BCUT2D eigenvalue weighted by Crippen LogP contribution is 2.20. The Morgan fingerprint density at radius 2 is 1.12 bits per heavy atom. The summed E-state index contributed by atoms with van der Waals surface area (Å²) in [4.78, 5) is 24.8. The van der Waals surface area contributed by atoms with E-state index in [9.17, 15) is 9.59 Å². The van der Waals surface area contributed by atoms with Crippen molar-refractivity contribution in [2.45, 2.75) is 110 Å². The molecule has 0 radical (unpaired) electrons. The van der Waals surface area contributed by atoms with E-state index >= 15 is 0 Å². The Morgan fingerprint density at radius 1 is 0.720 bits per heavy atom. The van der Waals surface area contributed by atoms with Crippen LogP contribution in [0.1, 0.15) is 104 Å². The number of unbranched alkanes of at least 4 members (excludes halogenated alkanes) is 8. The van der Waals surface area contributed by atoms with Crippen LogP contribution >= 0.6 is 0 Å². The number of carbonyl (C=O) groups is 2. The third-order valence-corrected chi connectivity index (χ3v) is 4.60. The smallest absolute Gasteiger partial charge is 0.275 e. The Kier molecular flexibility index (Phi) is 13.9. The van der Waals surface area contributed by atoms with Gasteiger partial charge in [0.15, 0.2) is 0 Å². The van der Waals surface area contributed by atoms with E-state index < -0.39 is 11.9 Å². The van der Waals surface area contributed by atoms with Gasteiger partial charge in [0.05, 0.1) is 5.92 Å². The van der Waals surface area contributed by atoms with Gasteiger partial charge in [0.1, 0.15) is 11.6 Å². The van der Waals surface area contributed by atoms with Gasteiger partial charge in [-0.15, -0.1) is 0 Å². The highest BCUT2D eigenvalue weighted by Gasteiger charge is 2.29. The van der Waals surface area contributed by atoms with Crippen molar-refractivity contribution >= 4 is 11.6 Å². The zero-order chi connectivity index (χ0) is 19.1. The molecule has 3 N–H and O–H groups in total. The molecule has 0 atom stereocenters. The number of carbonyl (C=O) groups excluding carboxylic acids is 2. The summed E-state index contributed by atoms with van der Waals surface area (Å²) in [6.45, 7) is 4.26. The summed E-state index contributed by atoms with van der Waals surface area (Å²) in [5, 5.41) is 27.2. The second-order valence-corrected chi connectivity index (χ2v) is 7.13. The molecule has 0 aliphatic carbocycles. The standard InChI is InChI=1S/C20H38O5/c1-3-5-7-9-11-13-18(21)17(15-16-20(23,24)25)19(22)14-12-10-8-6-4-2/h17,23-25H,3-16H2,1-2H3. The molecule has 5 heteroatoms. The molecule has 0 aromatic rings. The first kappa shape index (κ1) is 24.2. The quantitative estimate of drug-likeness (QED) is 0.208. The maximum absolute atomic E-state index is 12.4. The molecule has 0 spiro atoms. The molecule has 0 unspecified atom stereocenters. The van der Waals surface area contributed by atoms with E-state index in [1.54, 1.807) is 0 Å². The molecule has 0 saturated carbocycles. The molecule has 0 aliphatic heterocycles. The number of hydrogen-bond donors (Lipinski definition) is 3. The first-order chi connectivity index (χ1) is 11.8. The van der Waals surface area contributed by atoms with Crippen LogP contribution in [0.4, 0.5) is 0 Å². The van der Waals surface area contributed by atoms with Crippen LogP contribution in [0.15, 0.2) is 0 Å². The van der Waals surface area contributed by atoms with Crippen molar-refractivity contribution in [1.82, 2.24) is 0 Å². The molecule has 0 saturated heterocycles. The third-order valence-electron chi connectivity index (χ3n) is 4.60. The van der Waals surface area contributed by atoms with Gasteiger partial charge in [0.25, 0.3) is 5.97 Å². The van der Waals surface area contributed by atoms with E-state index in [1.807, 2.05) is 0 Å². The average Bonchev–Trinajstić information content (AvgIpc) is 2.53. The van der Waals surface area contributed by atoms with Gasteiger partial charge >= 0.3 is 0 Å². The van der Waals surface area contributed by atoms with Gasteiger partial charge in [-0.25, -0.2) is 0 Å². The molecule has 25 heavy (non-hydrogen) atoms. The summed E-state index contributed by atoms with van der Waals surface area (Å²) in [6, 6.07) is 0. The number of hydrogen-bond acceptors (Lipinski definition) is 5. The Balaban J connectivity index is 4.41. The van der Waals surface area contributed by atoms with Crippen LogP contribution in [-0.2, 0) is 9.59 Å². The molecule has 0 heterocycles. The predicted octanol–water partition coefficient (Wildman–Crippen LogP) is 3.87. The summed E-state index contributed by atoms with van der Waals surface area (Å²) >= 11 is 0. The van der Waals surface area contributed by atoms with Crippen molar-refractivity contribution in [1.29, 1.82) is 0 Å². The Labute approximate surface area is 152 Å². The van der Waals surface area contributed by atoms with Crippen LogP contribution in [0.2, 0.25) is 0 Å². The van der Waals surface area contributed by atoms with Crippen molar-refractivity contribution in [3.8, 4) is 0 Å². The van der Waals surface area contributed by atoms with Crippen molar-refractivity contribution in [3.05, 3.63) is 0 Å². The Hall–Kier alpha value is -0.780. The Bertz CT molecular complexity index is 334. The first-order valence-electron chi connectivity index (χ1n) is 10.0. The van der Waals surface area contributed by atoms with Crippen molar-refractivity contribution < 1.29 is 24.9 Å². The SMILES string of the molecule is CCCCCCCC(=O)C(CCC(O)(O)O)C(=O)CCCCCCC. The Morgan fingerprint density at radius 3 is 1.48 bits per heavy atom. The molecule has 0 aliphatic rings. The van der Waals surface area contributed by atoms with Gasteiger partial charge < -0.3 is 15.3 Å². The lowest BCUT2D eigenvalue weighted by atomic mass is 9.87. The van der Waals surface area contributed by atoms with Crippen molar-refractivity contribution in [2.24, 2.45) is 5.92 Å². The van der Waals surface area contributed by atoms with Crippen LogP contribution < -0.4 is 0 Å². The number of ketones is 2. The van der Waals surface area contributed by atoms with E-state index in [1.165, 1.54) is 0 Å². The molecule has 5 nitrogen and oxygen atoms in total. The minimum absolute atomic E-state index is 0.00884. The minimum atomic E-state index is -2.82. The van der Waals surface area contributed by atoms with Crippen LogP contribution in [0, 0.1) is 5.92 Å². The molecule has 0 amide bonds. The maximum atomic E-state index is 12.4. The fourth-order valence-corrected chi connectivity index (χ4v) is 2.99. The normalized spacial score (nSPS) is 11.9. The fraction of sp³-hybridized carbons (Fsp3) is 0.900. The first-order valence-corrected chi connectivity index (χ1v) is 10.0. The van der Waals surface area contributed by atoms with Gasteiger partial charge in [-0.05, 0) is 19.3 Å². The molecule has 0 bridgehead atoms. The van der Waals surface area contributed by atoms with E-state index in [0.717, 1.165) is 64.2 Å². The topological polar surface area (TPSA) is 94.8 Å². The number of rotatable bonds is 17. The van der Waals surface area contributed by atoms with Gasteiger partial charge in [0, 0.05) is 19.3 Å². The van der Waals surface area contributed by atoms with E-state index in [0.29, 0.717) is 12.8 Å². The lowest BCUT2D eigenvalue weighted by molar-refractivity contribution is -0.315. The minimum Gasteiger partial charge on any atom is -0.344 e. The van der Waals surface area contributed by atoms with Gasteiger partial charge in [0.2, 0.25) is 0 Å². The number of Topliss-reactive ketones (excluding diaryl/α,β-unsaturated/α-hetero) is 2. The molecular formula is C20H38O5. The predicted molar refractivity (Wildman–Crippen MR) is 98.9 cm³/mol. The summed E-state index contributed by atoms with van der Waals surface area (Å²) in [7, 11) is 0. The summed E-state index contributed by atoms with van der Waals surface area (Å²) in [5.41, 5.74) is 0. The van der Waals surface area contributed by atoms with Crippen molar-refractivity contribution in [3.63, 3.8) is 0 Å².